The minimum absolute atomic E-state index is 0.147. The summed E-state index contributed by atoms with van der Waals surface area (Å²) in [7, 11) is 0. The number of amides is 1. The van der Waals surface area contributed by atoms with Gasteiger partial charge in [-0.1, -0.05) is 28.1 Å². The molecule has 0 aromatic heterocycles. The number of halogens is 1. The molecule has 0 radical (unpaired) electrons. The fourth-order valence-electron chi connectivity index (χ4n) is 1.88. The molecule has 0 spiro atoms. The zero-order valence-electron chi connectivity index (χ0n) is 10.7. The second kappa shape index (κ2) is 5.80. The van der Waals surface area contributed by atoms with E-state index in [2.05, 4.69) is 33.9 Å². The van der Waals surface area contributed by atoms with Gasteiger partial charge in [-0.25, -0.2) is 0 Å². The molecule has 98 valence electrons. The van der Waals surface area contributed by atoms with Gasteiger partial charge in [0.05, 0.1) is 5.56 Å². The van der Waals surface area contributed by atoms with Crippen LogP contribution in [-0.2, 0) is 0 Å². The molecule has 2 rings (SSSR count). The van der Waals surface area contributed by atoms with Crippen LogP contribution in [0.4, 0.5) is 5.69 Å². The molecule has 19 heavy (non-hydrogen) atoms. The highest BCUT2D eigenvalue weighted by molar-refractivity contribution is 9.10. The quantitative estimate of drug-likeness (QED) is 0.771. The highest BCUT2D eigenvalue weighted by Gasteiger charge is 2.10. The number of anilines is 1. The first-order valence-corrected chi connectivity index (χ1v) is 7.09. The molecule has 0 unspecified atom stereocenters. The van der Waals surface area contributed by atoms with Gasteiger partial charge in [-0.2, -0.15) is 0 Å². The standard InChI is InChI=1S/C15H14BrNOS/c1-9-7-11(8-10(2)14(9)16)17-15(18)12-5-3-4-6-13(12)19/h3-8,19H,1-2H3,(H,17,18). The van der Waals surface area contributed by atoms with Crippen LogP contribution in [0, 0.1) is 13.8 Å². The van der Waals surface area contributed by atoms with E-state index in [4.69, 9.17) is 0 Å². The van der Waals surface area contributed by atoms with Gasteiger partial charge in [-0.3, -0.25) is 4.79 Å². The second-order valence-corrected chi connectivity index (χ2v) is 5.67. The van der Waals surface area contributed by atoms with Crippen LogP contribution < -0.4 is 5.32 Å². The summed E-state index contributed by atoms with van der Waals surface area (Å²) in [6.45, 7) is 4.00. The normalized spacial score (nSPS) is 10.3. The molecule has 0 atom stereocenters. The second-order valence-electron chi connectivity index (χ2n) is 4.40. The van der Waals surface area contributed by atoms with Crippen LogP contribution in [0.2, 0.25) is 0 Å². The van der Waals surface area contributed by atoms with Gasteiger partial charge in [0.25, 0.3) is 5.91 Å². The fraction of sp³-hybridized carbons (Fsp3) is 0.133. The molecule has 4 heteroatoms. The first-order valence-electron chi connectivity index (χ1n) is 5.85. The SMILES string of the molecule is Cc1cc(NC(=O)c2ccccc2S)cc(C)c1Br. The number of hydrogen-bond acceptors (Lipinski definition) is 2. The molecule has 0 aliphatic rings. The van der Waals surface area contributed by atoms with Gasteiger partial charge in [0.15, 0.2) is 0 Å². The van der Waals surface area contributed by atoms with Gasteiger partial charge in [0.1, 0.15) is 0 Å². The number of carbonyl (C=O) groups excluding carboxylic acids is 1. The van der Waals surface area contributed by atoms with Gasteiger partial charge in [-0.15, -0.1) is 12.6 Å². The maximum absolute atomic E-state index is 12.2. The molecular formula is C15H14BrNOS. The number of thiol groups is 1. The van der Waals surface area contributed by atoms with Gasteiger partial charge >= 0.3 is 0 Å². The molecule has 0 fully saturated rings. The van der Waals surface area contributed by atoms with Gasteiger partial charge in [-0.05, 0) is 49.2 Å². The lowest BCUT2D eigenvalue weighted by molar-refractivity contribution is 0.102. The molecule has 0 heterocycles. The molecule has 0 saturated carbocycles. The summed E-state index contributed by atoms with van der Waals surface area (Å²) in [5.74, 6) is -0.147. The van der Waals surface area contributed by atoms with Gasteiger partial charge < -0.3 is 5.32 Å². The predicted octanol–water partition coefficient (Wildman–Crippen LogP) is 4.61. The molecule has 2 nitrogen and oxygen atoms in total. The van der Waals surface area contributed by atoms with E-state index >= 15 is 0 Å². The van der Waals surface area contributed by atoms with E-state index in [-0.39, 0.29) is 5.91 Å². The van der Waals surface area contributed by atoms with Crippen molar-refractivity contribution in [2.45, 2.75) is 18.7 Å². The first-order chi connectivity index (χ1) is 8.99. The smallest absolute Gasteiger partial charge is 0.256 e. The molecule has 2 aromatic rings. The fourth-order valence-corrected chi connectivity index (χ4v) is 2.37. The molecule has 1 amide bonds. The van der Waals surface area contributed by atoms with Crippen molar-refractivity contribution in [2.24, 2.45) is 0 Å². The Hall–Kier alpha value is -1.26. The molecule has 0 aliphatic carbocycles. The van der Waals surface area contributed by atoms with Crippen LogP contribution in [0.1, 0.15) is 21.5 Å². The van der Waals surface area contributed by atoms with Crippen molar-refractivity contribution in [2.75, 3.05) is 5.32 Å². The van der Waals surface area contributed by atoms with Crippen molar-refractivity contribution in [3.05, 3.63) is 57.6 Å². The highest BCUT2D eigenvalue weighted by atomic mass is 79.9. The monoisotopic (exact) mass is 335 g/mol. The zero-order chi connectivity index (χ0) is 14.0. The largest absolute Gasteiger partial charge is 0.322 e. The third-order valence-electron chi connectivity index (χ3n) is 2.84. The summed E-state index contributed by atoms with van der Waals surface area (Å²) in [6.07, 6.45) is 0. The Balaban J connectivity index is 2.27. The van der Waals surface area contributed by atoms with Crippen molar-refractivity contribution >= 4 is 40.2 Å². The van der Waals surface area contributed by atoms with Crippen LogP contribution >= 0.6 is 28.6 Å². The lowest BCUT2D eigenvalue weighted by Gasteiger charge is -2.10. The summed E-state index contributed by atoms with van der Waals surface area (Å²) in [5.41, 5.74) is 3.55. The van der Waals surface area contributed by atoms with E-state index in [1.54, 1.807) is 12.1 Å². The van der Waals surface area contributed by atoms with Crippen LogP contribution in [-0.4, -0.2) is 5.91 Å². The number of rotatable bonds is 2. The van der Waals surface area contributed by atoms with Crippen LogP contribution in [0.15, 0.2) is 45.8 Å². The van der Waals surface area contributed by atoms with Crippen LogP contribution in [0.25, 0.3) is 0 Å². The summed E-state index contributed by atoms with van der Waals surface area (Å²) < 4.78 is 1.07. The van der Waals surface area contributed by atoms with Crippen LogP contribution in [0.5, 0.6) is 0 Å². The zero-order valence-corrected chi connectivity index (χ0v) is 13.2. The minimum atomic E-state index is -0.147. The summed E-state index contributed by atoms with van der Waals surface area (Å²) in [5, 5.41) is 2.90. The molecular weight excluding hydrogens is 322 g/mol. The number of aryl methyl sites for hydroxylation is 2. The summed E-state index contributed by atoms with van der Waals surface area (Å²) in [4.78, 5) is 12.8. The third-order valence-corrected chi connectivity index (χ3v) is 4.48. The maximum atomic E-state index is 12.2. The van der Waals surface area contributed by atoms with E-state index < -0.39 is 0 Å². The molecule has 1 N–H and O–H groups in total. The number of hydrogen-bond donors (Lipinski definition) is 2. The van der Waals surface area contributed by atoms with E-state index in [1.807, 2.05) is 38.1 Å². The average Bonchev–Trinajstić information content (AvgIpc) is 2.36. The first kappa shape index (κ1) is 14.2. The van der Waals surface area contributed by atoms with Crippen LogP contribution in [0.3, 0.4) is 0 Å². The summed E-state index contributed by atoms with van der Waals surface area (Å²) >= 11 is 7.80. The Labute approximate surface area is 126 Å². The lowest BCUT2D eigenvalue weighted by atomic mass is 10.1. The third kappa shape index (κ3) is 3.19. The molecule has 0 saturated heterocycles. The Morgan fingerprint density at radius 2 is 1.74 bits per heavy atom. The van der Waals surface area contributed by atoms with Gasteiger partial charge in [0, 0.05) is 15.1 Å². The van der Waals surface area contributed by atoms with E-state index in [1.165, 1.54) is 0 Å². The minimum Gasteiger partial charge on any atom is -0.322 e. The van der Waals surface area contributed by atoms with Crippen molar-refractivity contribution in [3.63, 3.8) is 0 Å². The topological polar surface area (TPSA) is 29.1 Å². The maximum Gasteiger partial charge on any atom is 0.256 e. The Morgan fingerprint density at radius 1 is 1.16 bits per heavy atom. The van der Waals surface area contributed by atoms with Crippen molar-refractivity contribution in [3.8, 4) is 0 Å². The van der Waals surface area contributed by atoms with E-state index in [0.29, 0.717) is 10.5 Å². The van der Waals surface area contributed by atoms with E-state index in [9.17, 15) is 4.79 Å². The highest BCUT2D eigenvalue weighted by Crippen LogP contribution is 2.25. The van der Waals surface area contributed by atoms with Crippen molar-refractivity contribution in [1.29, 1.82) is 0 Å². The predicted molar refractivity (Wildman–Crippen MR) is 85.3 cm³/mol. The van der Waals surface area contributed by atoms with Crippen molar-refractivity contribution < 1.29 is 4.79 Å². The Morgan fingerprint density at radius 3 is 2.32 bits per heavy atom. The van der Waals surface area contributed by atoms with Gasteiger partial charge in [0.2, 0.25) is 0 Å². The van der Waals surface area contributed by atoms with Crippen molar-refractivity contribution in [1.82, 2.24) is 0 Å². The number of carbonyl (C=O) groups is 1. The Bertz CT molecular complexity index is 617. The molecule has 0 aliphatic heterocycles. The number of benzene rings is 2. The Kier molecular flexibility index (Phi) is 4.32. The van der Waals surface area contributed by atoms with E-state index in [0.717, 1.165) is 21.3 Å². The average molecular weight is 336 g/mol. The summed E-state index contributed by atoms with van der Waals surface area (Å²) in [6, 6.07) is 11.1. The molecule has 0 bridgehead atoms. The number of nitrogens with one attached hydrogen (secondary N) is 1. The lowest BCUT2D eigenvalue weighted by Crippen LogP contribution is -2.12. The molecule has 2 aromatic carbocycles.